The number of rotatable bonds is 2. The number of hydrogen-bond donors (Lipinski definition) is 0. The molecule has 0 aliphatic heterocycles. The Hall–Kier alpha value is -1.56. The zero-order chi connectivity index (χ0) is 11.5. The van der Waals surface area contributed by atoms with Crippen LogP contribution in [0, 0.1) is 18.3 Å². The van der Waals surface area contributed by atoms with E-state index in [0.717, 1.165) is 16.9 Å². The summed E-state index contributed by atoms with van der Waals surface area (Å²) in [5, 5.41) is 9.17. The number of pyridine rings is 1. The Morgan fingerprint density at radius 1 is 1.44 bits per heavy atom. The van der Waals surface area contributed by atoms with Gasteiger partial charge in [-0.25, -0.2) is 4.98 Å². The predicted molar refractivity (Wildman–Crippen MR) is 64.3 cm³/mol. The molecular formula is C13H17N3. The third-order valence-electron chi connectivity index (χ3n) is 3.46. The van der Waals surface area contributed by atoms with Gasteiger partial charge in [0, 0.05) is 19.3 Å². The largest absolute Gasteiger partial charge is 0.356 e. The third-order valence-corrected chi connectivity index (χ3v) is 3.46. The summed E-state index contributed by atoms with van der Waals surface area (Å²) in [6.07, 6.45) is 6.82. The van der Waals surface area contributed by atoms with Gasteiger partial charge in [0.25, 0.3) is 0 Å². The average Bonchev–Trinajstić information content (AvgIpc) is 2.81. The summed E-state index contributed by atoms with van der Waals surface area (Å²) in [6.45, 7) is 1.96. The minimum Gasteiger partial charge on any atom is -0.356 e. The van der Waals surface area contributed by atoms with Gasteiger partial charge in [0.1, 0.15) is 11.9 Å². The van der Waals surface area contributed by atoms with Gasteiger partial charge < -0.3 is 4.90 Å². The second-order valence-electron chi connectivity index (χ2n) is 4.49. The summed E-state index contributed by atoms with van der Waals surface area (Å²) in [7, 11) is 2.05. The van der Waals surface area contributed by atoms with E-state index in [2.05, 4.69) is 23.0 Å². The van der Waals surface area contributed by atoms with Crippen LogP contribution in [0.2, 0.25) is 0 Å². The molecule has 1 fully saturated rings. The Balaban J connectivity index is 2.32. The SMILES string of the molecule is Cc1ccnc(N(C)C2CCCC2)c1C#N. The lowest BCUT2D eigenvalue weighted by molar-refractivity contribution is 0.645. The highest BCUT2D eigenvalue weighted by molar-refractivity contribution is 5.57. The molecule has 1 aliphatic rings. The molecule has 16 heavy (non-hydrogen) atoms. The highest BCUT2D eigenvalue weighted by Gasteiger charge is 2.22. The quantitative estimate of drug-likeness (QED) is 0.761. The van der Waals surface area contributed by atoms with Crippen LogP contribution in [0.15, 0.2) is 12.3 Å². The van der Waals surface area contributed by atoms with Crippen LogP contribution in [0.5, 0.6) is 0 Å². The van der Waals surface area contributed by atoms with Crippen molar-refractivity contribution in [2.24, 2.45) is 0 Å². The van der Waals surface area contributed by atoms with Crippen molar-refractivity contribution in [1.82, 2.24) is 4.98 Å². The monoisotopic (exact) mass is 215 g/mol. The van der Waals surface area contributed by atoms with Crippen LogP contribution in [0.3, 0.4) is 0 Å². The molecule has 84 valence electrons. The van der Waals surface area contributed by atoms with Crippen molar-refractivity contribution in [3.05, 3.63) is 23.4 Å². The van der Waals surface area contributed by atoms with E-state index in [-0.39, 0.29) is 0 Å². The second-order valence-corrected chi connectivity index (χ2v) is 4.49. The summed E-state index contributed by atoms with van der Waals surface area (Å²) >= 11 is 0. The van der Waals surface area contributed by atoms with Crippen molar-refractivity contribution in [3.63, 3.8) is 0 Å². The van der Waals surface area contributed by atoms with E-state index in [1.54, 1.807) is 6.20 Å². The van der Waals surface area contributed by atoms with Gasteiger partial charge in [0.2, 0.25) is 0 Å². The molecule has 0 unspecified atom stereocenters. The Morgan fingerprint density at radius 3 is 2.75 bits per heavy atom. The molecule has 0 atom stereocenters. The molecule has 0 saturated heterocycles. The molecule has 0 aromatic carbocycles. The van der Waals surface area contributed by atoms with E-state index in [4.69, 9.17) is 0 Å². The molecular weight excluding hydrogens is 198 g/mol. The standard InChI is InChI=1S/C13H17N3/c1-10-7-8-15-13(12(10)9-14)16(2)11-5-3-4-6-11/h7-8,11H,3-6H2,1-2H3. The number of hydrogen-bond acceptors (Lipinski definition) is 3. The first-order valence-electron chi connectivity index (χ1n) is 5.82. The molecule has 0 bridgehead atoms. The molecule has 0 amide bonds. The van der Waals surface area contributed by atoms with Gasteiger partial charge in [-0.1, -0.05) is 12.8 Å². The first-order valence-corrected chi connectivity index (χ1v) is 5.82. The highest BCUT2D eigenvalue weighted by Crippen LogP contribution is 2.28. The van der Waals surface area contributed by atoms with Crippen LogP contribution in [-0.4, -0.2) is 18.1 Å². The van der Waals surface area contributed by atoms with E-state index < -0.39 is 0 Å². The fourth-order valence-corrected chi connectivity index (χ4v) is 2.41. The van der Waals surface area contributed by atoms with Crippen LogP contribution in [-0.2, 0) is 0 Å². The van der Waals surface area contributed by atoms with E-state index in [0.29, 0.717) is 6.04 Å². The Kier molecular flexibility index (Phi) is 3.09. The number of anilines is 1. The molecule has 1 saturated carbocycles. The molecule has 3 nitrogen and oxygen atoms in total. The first-order chi connectivity index (χ1) is 7.74. The molecule has 0 spiro atoms. The van der Waals surface area contributed by atoms with Crippen molar-refractivity contribution in [1.29, 1.82) is 5.26 Å². The highest BCUT2D eigenvalue weighted by atomic mass is 15.2. The van der Waals surface area contributed by atoms with Gasteiger partial charge in [0.05, 0.1) is 5.56 Å². The third kappa shape index (κ3) is 1.88. The van der Waals surface area contributed by atoms with Crippen molar-refractivity contribution >= 4 is 5.82 Å². The molecule has 2 rings (SSSR count). The maximum absolute atomic E-state index is 9.17. The summed E-state index contributed by atoms with van der Waals surface area (Å²) in [4.78, 5) is 6.54. The zero-order valence-corrected chi connectivity index (χ0v) is 9.90. The van der Waals surface area contributed by atoms with Crippen LogP contribution >= 0.6 is 0 Å². The summed E-state index contributed by atoms with van der Waals surface area (Å²) < 4.78 is 0. The molecule has 3 heteroatoms. The minimum absolute atomic E-state index is 0.557. The number of nitrogens with zero attached hydrogens (tertiary/aromatic N) is 3. The average molecular weight is 215 g/mol. The fourth-order valence-electron chi connectivity index (χ4n) is 2.41. The maximum atomic E-state index is 9.17. The molecule has 1 aliphatic carbocycles. The van der Waals surface area contributed by atoms with E-state index in [9.17, 15) is 5.26 Å². The normalized spacial score (nSPS) is 16.1. The van der Waals surface area contributed by atoms with Gasteiger partial charge in [-0.05, 0) is 31.4 Å². The molecule has 1 aromatic heterocycles. The summed E-state index contributed by atoms with van der Waals surface area (Å²) in [5.41, 5.74) is 1.73. The van der Waals surface area contributed by atoms with Crippen molar-refractivity contribution in [2.45, 2.75) is 38.6 Å². The lowest BCUT2D eigenvalue weighted by atomic mass is 10.1. The van der Waals surface area contributed by atoms with Gasteiger partial charge in [-0.2, -0.15) is 5.26 Å². The van der Waals surface area contributed by atoms with Gasteiger partial charge in [-0.3, -0.25) is 0 Å². The van der Waals surface area contributed by atoms with Gasteiger partial charge >= 0.3 is 0 Å². The van der Waals surface area contributed by atoms with Crippen LogP contribution in [0.4, 0.5) is 5.82 Å². The maximum Gasteiger partial charge on any atom is 0.146 e. The van der Waals surface area contributed by atoms with Gasteiger partial charge in [-0.15, -0.1) is 0 Å². The smallest absolute Gasteiger partial charge is 0.146 e. The Labute approximate surface area is 96.7 Å². The summed E-state index contributed by atoms with van der Waals surface area (Å²) in [6, 6.07) is 4.71. The van der Waals surface area contributed by atoms with E-state index in [1.165, 1.54) is 25.7 Å². The Bertz CT molecular complexity index is 414. The summed E-state index contributed by atoms with van der Waals surface area (Å²) in [5.74, 6) is 0.842. The molecule has 0 N–H and O–H groups in total. The van der Waals surface area contributed by atoms with Crippen molar-refractivity contribution in [3.8, 4) is 6.07 Å². The lowest BCUT2D eigenvalue weighted by Crippen LogP contribution is -2.30. The van der Waals surface area contributed by atoms with Crippen molar-refractivity contribution in [2.75, 3.05) is 11.9 Å². The van der Waals surface area contributed by atoms with Crippen LogP contribution < -0.4 is 4.90 Å². The van der Waals surface area contributed by atoms with Gasteiger partial charge in [0.15, 0.2) is 0 Å². The second kappa shape index (κ2) is 4.52. The predicted octanol–water partition coefficient (Wildman–Crippen LogP) is 2.64. The topological polar surface area (TPSA) is 39.9 Å². The Morgan fingerprint density at radius 2 is 2.12 bits per heavy atom. The zero-order valence-electron chi connectivity index (χ0n) is 9.90. The molecule has 0 radical (unpaired) electrons. The fraction of sp³-hybridized carbons (Fsp3) is 0.538. The first kappa shape index (κ1) is 10.9. The number of aromatic nitrogens is 1. The number of nitriles is 1. The van der Waals surface area contributed by atoms with E-state index >= 15 is 0 Å². The van der Waals surface area contributed by atoms with Crippen LogP contribution in [0.1, 0.15) is 36.8 Å². The molecule has 1 heterocycles. The van der Waals surface area contributed by atoms with Crippen LogP contribution in [0.25, 0.3) is 0 Å². The molecule has 1 aromatic rings. The number of aryl methyl sites for hydroxylation is 1. The van der Waals surface area contributed by atoms with Crippen molar-refractivity contribution < 1.29 is 0 Å². The lowest BCUT2D eigenvalue weighted by Gasteiger charge is -2.26. The van der Waals surface area contributed by atoms with E-state index in [1.807, 2.05) is 13.0 Å². The minimum atomic E-state index is 0.557.